The molecule has 1 rings (SSSR count). The monoisotopic (exact) mass is 306 g/mol. The molecule has 0 saturated heterocycles. The molecule has 1 unspecified atom stereocenters. The summed E-state index contributed by atoms with van der Waals surface area (Å²) >= 11 is 2.96. The van der Waals surface area contributed by atoms with Crippen LogP contribution in [0.5, 0.6) is 0 Å². The molecule has 0 spiro atoms. The predicted molar refractivity (Wildman–Crippen MR) is 64.0 cm³/mol. The second-order valence-electron chi connectivity index (χ2n) is 3.79. The highest BCUT2D eigenvalue weighted by atomic mass is 79.9. The number of hydrogen-bond acceptors (Lipinski definition) is 2. The van der Waals surface area contributed by atoms with Crippen LogP contribution in [0.4, 0.5) is 8.78 Å². The van der Waals surface area contributed by atoms with E-state index in [0.717, 1.165) is 12.1 Å². The normalized spacial score (nSPS) is 12.5. The molecule has 0 aromatic heterocycles. The van der Waals surface area contributed by atoms with Crippen LogP contribution in [0.15, 0.2) is 16.6 Å². The molecule has 0 N–H and O–H groups in total. The van der Waals surface area contributed by atoms with Crippen molar-refractivity contribution in [3.8, 4) is 0 Å². The second kappa shape index (κ2) is 6.21. The molecule has 5 heteroatoms. The molecule has 1 aromatic rings. The average Bonchev–Trinajstić information content (AvgIpc) is 2.24. The van der Waals surface area contributed by atoms with Crippen molar-refractivity contribution in [2.45, 2.75) is 13.3 Å². The molecule has 0 amide bonds. The van der Waals surface area contributed by atoms with Crippen LogP contribution in [0.2, 0.25) is 0 Å². The van der Waals surface area contributed by atoms with Gasteiger partial charge in [-0.1, -0.05) is 22.9 Å². The first-order chi connectivity index (χ1) is 7.97. The van der Waals surface area contributed by atoms with Gasteiger partial charge in [0.2, 0.25) is 0 Å². The lowest BCUT2D eigenvalue weighted by molar-refractivity contribution is 0.0885. The minimum atomic E-state index is -0.842. The summed E-state index contributed by atoms with van der Waals surface area (Å²) in [7, 11) is 1.51. The fourth-order valence-electron chi connectivity index (χ4n) is 1.45. The molecule has 0 bridgehead atoms. The summed E-state index contributed by atoms with van der Waals surface area (Å²) in [4.78, 5) is 11.9. The van der Waals surface area contributed by atoms with E-state index in [4.69, 9.17) is 4.74 Å². The van der Waals surface area contributed by atoms with Gasteiger partial charge in [-0.2, -0.15) is 0 Å². The molecule has 0 saturated carbocycles. The summed E-state index contributed by atoms with van der Waals surface area (Å²) in [5.41, 5.74) is -0.475. The Hall–Kier alpha value is -0.810. The fourth-order valence-corrected chi connectivity index (χ4v) is 1.85. The Morgan fingerprint density at radius 1 is 1.41 bits per heavy atom. The SMILES string of the molecule is COCCC(C)C(=O)c1c(F)cc(Br)cc1F. The van der Waals surface area contributed by atoms with Crippen molar-refractivity contribution in [1.82, 2.24) is 0 Å². The number of carbonyl (C=O) groups excluding carboxylic acids is 1. The molecule has 0 heterocycles. The number of methoxy groups -OCH3 is 1. The summed E-state index contributed by atoms with van der Waals surface area (Å²) in [5, 5.41) is 0. The molecule has 0 radical (unpaired) electrons. The van der Waals surface area contributed by atoms with E-state index >= 15 is 0 Å². The molecular weight excluding hydrogens is 294 g/mol. The van der Waals surface area contributed by atoms with Crippen molar-refractivity contribution in [3.05, 3.63) is 33.8 Å². The summed E-state index contributed by atoms with van der Waals surface area (Å²) in [5.74, 6) is -2.69. The molecule has 0 aliphatic rings. The molecule has 1 aromatic carbocycles. The average molecular weight is 307 g/mol. The summed E-state index contributed by atoms with van der Waals surface area (Å²) in [6, 6.07) is 2.17. The van der Waals surface area contributed by atoms with Gasteiger partial charge in [-0.3, -0.25) is 4.79 Å². The Morgan fingerprint density at radius 3 is 2.41 bits per heavy atom. The van der Waals surface area contributed by atoms with Crippen molar-refractivity contribution in [2.24, 2.45) is 5.92 Å². The van der Waals surface area contributed by atoms with Gasteiger partial charge in [0.25, 0.3) is 0 Å². The lowest BCUT2D eigenvalue weighted by atomic mass is 9.96. The largest absolute Gasteiger partial charge is 0.385 e. The van der Waals surface area contributed by atoms with Crippen LogP contribution in [0.3, 0.4) is 0 Å². The minimum Gasteiger partial charge on any atom is -0.385 e. The van der Waals surface area contributed by atoms with E-state index in [1.54, 1.807) is 6.92 Å². The molecule has 17 heavy (non-hydrogen) atoms. The fraction of sp³-hybridized carbons (Fsp3) is 0.417. The highest BCUT2D eigenvalue weighted by Crippen LogP contribution is 2.23. The molecular formula is C12H13BrF2O2. The van der Waals surface area contributed by atoms with Gasteiger partial charge in [0.15, 0.2) is 5.78 Å². The number of halogens is 3. The summed E-state index contributed by atoms with van der Waals surface area (Å²) in [6.45, 7) is 2.01. The van der Waals surface area contributed by atoms with Crippen LogP contribution in [-0.2, 0) is 4.74 Å². The molecule has 1 atom stereocenters. The van der Waals surface area contributed by atoms with E-state index in [9.17, 15) is 13.6 Å². The van der Waals surface area contributed by atoms with Crippen LogP contribution in [0, 0.1) is 17.6 Å². The van der Waals surface area contributed by atoms with Gasteiger partial charge < -0.3 is 4.74 Å². The quantitative estimate of drug-likeness (QED) is 0.777. The Bertz CT molecular complexity index is 398. The maximum atomic E-state index is 13.5. The highest BCUT2D eigenvalue weighted by molar-refractivity contribution is 9.10. The molecule has 0 aliphatic carbocycles. The van der Waals surface area contributed by atoms with Crippen LogP contribution in [0.25, 0.3) is 0 Å². The predicted octanol–water partition coefficient (Wildman–Crippen LogP) is 3.58. The van der Waals surface area contributed by atoms with Gasteiger partial charge in [0, 0.05) is 24.1 Å². The third-order valence-corrected chi connectivity index (χ3v) is 2.91. The van der Waals surface area contributed by atoms with Gasteiger partial charge in [-0.15, -0.1) is 0 Å². The van der Waals surface area contributed by atoms with Crippen LogP contribution < -0.4 is 0 Å². The van der Waals surface area contributed by atoms with Crippen molar-refractivity contribution in [2.75, 3.05) is 13.7 Å². The van der Waals surface area contributed by atoms with E-state index in [1.807, 2.05) is 0 Å². The standard InChI is InChI=1S/C12H13BrF2O2/c1-7(3-4-17-2)12(16)11-9(14)5-8(13)6-10(11)15/h5-7H,3-4H2,1-2H3. The van der Waals surface area contributed by atoms with Crippen molar-refractivity contribution >= 4 is 21.7 Å². The molecule has 2 nitrogen and oxygen atoms in total. The zero-order valence-corrected chi connectivity index (χ0v) is 11.2. The molecule has 94 valence electrons. The number of carbonyl (C=O) groups is 1. The first-order valence-corrected chi connectivity index (χ1v) is 5.94. The van der Waals surface area contributed by atoms with Crippen LogP contribution in [0.1, 0.15) is 23.7 Å². The number of hydrogen-bond donors (Lipinski definition) is 0. The Morgan fingerprint density at radius 2 is 1.94 bits per heavy atom. The van der Waals surface area contributed by atoms with E-state index in [0.29, 0.717) is 13.0 Å². The maximum absolute atomic E-state index is 13.5. The highest BCUT2D eigenvalue weighted by Gasteiger charge is 2.23. The number of ketones is 1. The number of benzene rings is 1. The number of Topliss-reactive ketones (excluding diaryl/α,β-unsaturated/α-hetero) is 1. The van der Waals surface area contributed by atoms with E-state index in [-0.39, 0.29) is 4.47 Å². The smallest absolute Gasteiger partial charge is 0.171 e. The van der Waals surface area contributed by atoms with E-state index < -0.39 is 28.9 Å². The topological polar surface area (TPSA) is 26.3 Å². The van der Waals surface area contributed by atoms with Gasteiger partial charge in [0.1, 0.15) is 11.6 Å². The second-order valence-corrected chi connectivity index (χ2v) is 4.71. The van der Waals surface area contributed by atoms with Crippen LogP contribution >= 0.6 is 15.9 Å². The minimum absolute atomic E-state index is 0.272. The zero-order chi connectivity index (χ0) is 13.0. The maximum Gasteiger partial charge on any atom is 0.171 e. The van der Waals surface area contributed by atoms with Gasteiger partial charge in [0.05, 0.1) is 5.56 Å². The molecule has 0 fully saturated rings. The Labute approximate surface area is 107 Å². The lowest BCUT2D eigenvalue weighted by Crippen LogP contribution is -2.16. The van der Waals surface area contributed by atoms with Crippen molar-refractivity contribution < 1.29 is 18.3 Å². The van der Waals surface area contributed by atoms with Crippen molar-refractivity contribution in [1.29, 1.82) is 0 Å². The van der Waals surface area contributed by atoms with Crippen LogP contribution in [-0.4, -0.2) is 19.5 Å². The first-order valence-electron chi connectivity index (χ1n) is 5.15. The van der Waals surface area contributed by atoms with E-state index in [2.05, 4.69) is 15.9 Å². The van der Waals surface area contributed by atoms with E-state index in [1.165, 1.54) is 7.11 Å². The number of ether oxygens (including phenoxy) is 1. The van der Waals surface area contributed by atoms with Gasteiger partial charge in [-0.05, 0) is 18.6 Å². The van der Waals surface area contributed by atoms with Crippen molar-refractivity contribution in [3.63, 3.8) is 0 Å². The number of rotatable bonds is 5. The summed E-state index contributed by atoms with van der Waals surface area (Å²) in [6.07, 6.45) is 0.435. The molecule has 0 aliphatic heterocycles. The summed E-state index contributed by atoms with van der Waals surface area (Å²) < 4.78 is 32.1. The van der Waals surface area contributed by atoms with Gasteiger partial charge in [-0.25, -0.2) is 8.78 Å². The third kappa shape index (κ3) is 3.57. The Kier molecular flexibility index (Phi) is 5.21. The third-order valence-electron chi connectivity index (χ3n) is 2.46. The van der Waals surface area contributed by atoms with Gasteiger partial charge >= 0.3 is 0 Å². The first kappa shape index (κ1) is 14.3. The lowest BCUT2D eigenvalue weighted by Gasteiger charge is -2.11. The zero-order valence-electron chi connectivity index (χ0n) is 9.60. The Balaban J connectivity index is 2.96.